The van der Waals surface area contributed by atoms with Gasteiger partial charge in [0, 0.05) is 24.5 Å². The Morgan fingerprint density at radius 2 is 1.82 bits per heavy atom. The third-order valence-electron chi connectivity index (χ3n) is 9.04. The number of halogens is 2. The fraction of sp³-hybridized carbons (Fsp3) is 0.441. The first-order valence-electron chi connectivity index (χ1n) is 15.1. The molecule has 5 rings (SSSR count). The molecule has 10 heteroatoms. The molecule has 0 aliphatic carbocycles. The molecule has 7 atom stereocenters. The molecule has 2 aromatic carbocycles. The lowest BCUT2D eigenvalue weighted by molar-refractivity contribution is -0.147. The van der Waals surface area contributed by atoms with Gasteiger partial charge in [0.15, 0.2) is 0 Å². The molecule has 0 saturated carbocycles. The van der Waals surface area contributed by atoms with Gasteiger partial charge in [0.1, 0.15) is 11.6 Å². The van der Waals surface area contributed by atoms with Crippen LogP contribution < -0.4 is 4.90 Å². The van der Waals surface area contributed by atoms with Gasteiger partial charge in [-0.25, -0.2) is 0 Å². The lowest BCUT2D eigenvalue weighted by atomic mass is 9.70. The lowest BCUT2D eigenvalue weighted by Crippen LogP contribution is -2.59. The highest BCUT2D eigenvalue weighted by atomic mass is 79.9. The molecule has 8 nitrogen and oxygen atoms in total. The van der Waals surface area contributed by atoms with Gasteiger partial charge >= 0.3 is 0 Å². The molecule has 3 amide bonds. The van der Waals surface area contributed by atoms with Crippen LogP contribution in [0.15, 0.2) is 79.9 Å². The second-order valence-corrected chi connectivity index (χ2v) is 13.3. The standard InChI is InChI=1S/C34H39BrClN3O5/c1-4-16-37(17-5-2)31(41)27-28-32(42)39(23(21-40)19-22-12-8-7-9-13-22)30(34(28)20-24(35)29(27)44-34)33(43)38(18-6-3)26-15-11-10-14-25(26)36/h4,6-15,23-24,27-30,40H,1,3,5,16-21H2,2H3/t23-,24?,27+,28+,29+,30?,34?/m1/s1. The number of ether oxygens (including phenoxy) is 1. The fourth-order valence-electron chi connectivity index (χ4n) is 7.34. The Morgan fingerprint density at radius 3 is 2.45 bits per heavy atom. The first-order chi connectivity index (χ1) is 21.2. The van der Waals surface area contributed by atoms with E-state index in [0.717, 1.165) is 12.0 Å². The number of anilines is 1. The fourth-order valence-corrected chi connectivity index (χ4v) is 8.52. The van der Waals surface area contributed by atoms with E-state index in [4.69, 9.17) is 16.3 Å². The van der Waals surface area contributed by atoms with E-state index in [1.807, 2.05) is 37.3 Å². The molecule has 2 aromatic rings. The highest BCUT2D eigenvalue weighted by Crippen LogP contribution is 2.61. The Labute approximate surface area is 272 Å². The van der Waals surface area contributed by atoms with Crippen molar-refractivity contribution in [2.45, 2.75) is 54.8 Å². The molecule has 234 valence electrons. The lowest BCUT2D eigenvalue weighted by Gasteiger charge is -2.39. The van der Waals surface area contributed by atoms with Crippen LogP contribution in [0.2, 0.25) is 5.02 Å². The van der Waals surface area contributed by atoms with Gasteiger partial charge in [0.05, 0.1) is 41.3 Å². The van der Waals surface area contributed by atoms with E-state index in [1.165, 1.54) is 9.80 Å². The minimum Gasteiger partial charge on any atom is -0.394 e. The first-order valence-corrected chi connectivity index (χ1v) is 16.4. The Morgan fingerprint density at radius 1 is 1.14 bits per heavy atom. The predicted molar refractivity (Wildman–Crippen MR) is 175 cm³/mol. The normalized spacial score (nSPS) is 27.6. The van der Waals surface area contributed by atoms with Crippen LogP contribution in [0.5, 0.6) is 0 Å². The molecule has 3 aliphatic rings. The van der Waals surface area contributed by atoms with Crippen molar-refractivity contribution in [3.63, 3.8) is 0 Å². The number of rotatable bonds is 13. The Bertz CT molecular complexity index is 1410. The highest BCUT2D eigenvalue weighted by Gasteiger charge is 2.77. The van der Waals surface area contributed by atoms with Crippen LogP contribution in [0.25, 0.3) is 0 Å². The molecular weight excluding hydrogens is 646 g/mol. The molecule has 3 fully saturated rings. The summed E-state index contributed by atoms with van der Waals surface area (Å²) in [6.45, 7) is 10.3. The smallest absolute Gasteiger partial charge is 0.253 e. The molecule has 0 aromatic heterocycles. The van der Waals surface area contributed by atoms with Crippen molar-refractivity contribution >= 4 is 50.9 Å². The quantitative estimate of drug-likeness (QED) is 0.246. The maximum absolute atomic E-state index is 14.9. The molecule has 3 saturated heterocycles. The van der Waals surface area contributed by atoms with E-state index in [9.17, 15) is 19.5 Å². The van der Waals surface area contributed by atoms with E-state index in [2.05, 4.69) is 29.1 Å². The Hall–Kier alpha value is -2.98. The first kappa shape index (κ1) is 32.4. The third kappa shape index (κ3) is 5.53. The number of alkyl halides is 1. The number of amides is 3. The number of carbonyl (C=O) groups is 3. The number of aliphatic hydroxyl groups excluding tert-OH is 1. The second-order valence-electron chi connectivity index (χ2n) is 11.7. The number of likely N-dealkylation sites (tertiary alicyclic amines) is 1. The summed E-state index contributed by atoms with van der Waals surface area (Å²) in [5.74, 6) is -2.63. The molecule has 3 unspecified atom stereocenters. The van der Waals surface area contributed by atoms with Gasteiger partial charge in [0.25, 0.3) is 5.91 Å². The number of aliphatic hydroxyl groups is 1. The number of nitrogens with zero attached hydrogens (tertiary/aromatic N) is 3. The second kappa shape index (κ2) is 13.6. The zero-order chi connectivity index (χ0) is 31.6. The van der Waals surface area contributed by atoms with Gasteiger partial charge in [-0.05, 0) is 37.0 Å². The molecule has 0 radical (unpaired) electrons. The Kier molecular flexibility index (Phi) is 9.99. The summed E-state index contributed by atoms with van der Waals surface area (Å²) in [5.41, 5.74) is 0.0977. The van der Waals surface area contributed by atoms with Crippen molar-refractivity contribution in [1.82, 2.24) is 9.80 Å². The van der Waals surface area contributed by atoms with E-state index in [0.29, 0.717) is 36.6 Å². The van der Waals surface area contributed by atoms with Crippen molar-refractivity contribution in [3.05, 3.63) is 90.5 Å². The van der Waals surface area contributed by atoms with Crippen LogP contribution in [0.3, 0.4) is 0 Å². The van der Waals surface area contributed by atoms with Gasteiger partial charge in [0.2, 0.25) is 11.8 Å². The maximum Gasteiger partial charge on any atom is 0.253 e. The highest BCUT2D eigenvalue weighted by molar-refractivity contribution is 9.09. The predicted octanol–water partition coefficient (Wildman–Crippen LogP) is 4.64. The number of carbonyl (C=O) groups excluding carboxylic acids is 3. The third-order valence-corrected chi connectivity index (χ3v) is 10.2. The molecule has 3 aliphatic heterocycles. The number of hydrogen-bond donors (Lipinski definition) is 1. The Balaban J connectivity index is 1.64. The average molecular weight is 685 g/mol. The maximum atomic E-state index is 14.9. The van der Waals surface area contributed by atoms with Crippen molar-refractivity contribution in [2.24, 2.45) is 11.8 Å². The van der Waals surface area contributed by atoms with Gasteiger partial charge < -0.3 is 24.5 Å². The van der Waals surface area contributed by atoms with Crippen molar-refractivity contribution in [2.75, 3.05) is 31.1 Å². The van der Waals surface area contributed by atoms with E-state index >= 15 is 0 Å². The van der Waals surface area contributed by atoms with E-state index < -0.39 is 41.5 Å². The average Bonchev–Trinajstić information content (AvgIpc) is 3.62. The van der Waals surface area contributed by atoms with Crippen LogP contribution in [0.1, 0.15) is 25.3 Å². The molecule has 2 bridgehead atoms. The van der Waals surface area contributed by atoms with Crippen LogP contribution in [-0.4, -0.2) is 87.5 Å². The van der Waals surface area contributed by atoms with Crippen molar-refractivity contribution < 1.29 is 24.2 Å². The molecule has 3 heterocycles. The number of benzene rings is 2. The van der Waals surface area contributed by atoms with E-state index in [-0.39, 0.29) is 29.8 Å². The van der Waals surface area contributed by atoms with Crippen LogP contribution in [0, 0.1) is 11.8 Å². The summed E-state index contributed by atoms with van der Waals surface area (Å²) < 4.78 is 6.74. The number of fused-ring (bicyclic) bond motifs is 1. The summed E-state index contributed by atoms with van der Waals surface area (Å²) in [5, 5.41) is 11.1. The summed E-state index contributed by atoms with van der Waals surface area (Å²) >= 11 is 10.3. The number of hydrogen-bond acceptors (Lipinski definition) is 5. The van der Waals surface area contributed by atoms with Crippen molar-refractivity contribution in [3.8, 4) is 0 Å². The van der Waals surface area contributed by atoms with Crippen LogP contribution in [0.4, 0.5) is 5.69 Å². The molecule has 1 spiro atoms. The van der Waals surface area contributed by atoms with Crippen LogP contribution in [-0.2, 0) is 25.5 Å². The summed E-state index contributed by atoms with van der Waals surface area (Å²) in [6, 6.07) is 14.7. The van der Waals surface area contributed by atoms with Gasteiger partial charge in [-0.1, -0.05) is 89.1 Å². The molecule has 44 heavy (non-hydrogen) atoms. The van der Waals surface area contributed by atoms with Gasteiger partial charge in [-0.2, -0.15) is 0 Å². The molecule has 1 N–H and O–H groups in total. The zero-order valence-corrected chi connectivity index (χ0v) is 27.2. The van der Waals surface area contributed by atoms with Gasteiger partial charge in [-0.15, -0.1) is 13.2 Å². The zero-order valence-electron chi connectivity index (χ0n) is 24.9. The van der Waals surface area contributed by atoms with Crippen molar-refractivity contribution in [1.29, 1.82) is 0 Å². The van der Waals surface area contributed by atoms with Gasteiger partial charge in [-0.3, -0.25) is 14.4 Å². The minimum absolute atomic E-state index is 0.136. The monoisotopic (exact) mass is 683 g/mol. The SMILES string of the molecule is C=CCN(CCC)C(=O)[C@H]1[C@H]2C(=O)N([C@@H](CO)Cc3ccccc3)C(C(=O)N(CC=C)c3ccccc3Cl)C23CC(Br)[C@@H]1O3. The summed E-state index contributed by atoms with van der Waals surface area (Å²) in [7, 11) is 0. The molecular formula is C34H39BrClN3O5. The van der Waals surface area contributed by atoms with Crippen LogP contribution >= 0.6 is 27.5 Å². The van der Waals surface area contributed by atoms with E-state index in [1.54, 1.807) is 41.3 Å². The summed E-state index contributed by atoms with van der Waals surface area (Å²) in [6.07, 6.45) is 4.11. The minimum atomic E-state index is -1.29. The largest absolute Gasteiger partial charge is 0.394 e. The summed E-state index contributed by atoms with van der Waals surface area (Å²) in [4.78, 5) is 48.3. The topological polar surface area (TPSA) is 90.4 Å². The number of para-hydroxylation sites is 1.